The molecule has 1 unspecified atom stereocenters. The Morgan fingerprint density at radius 2 is 1.88 bits per heavy atom. The Kier molecular flexibility index (Phi) is 5.38. The molecule has 1 heterocycles. The fraction of sp³-hybridized carbons (Fsp3) is 0.238. The maximum Gasteiger partial charge on any atom is 0.171 e. The van der Waals surface area contributed by atoms with E-state index in [1.165, 1.54) is 5.56 Å². The number of allylic oxidation sites excluding steroid dienone is 1. The summed E-state index contributed by atoms with van der Waals surface area (Å²) in [6.45, 7) is 6.00. The van der Waals surface area contributed by atoms with Crippen molar-refractivity contribution in [2.45, 2.75) is 33.4 Å². The van der Waals surface area contributed by atoms with Gasteiger partial charge in [0, 0.05) is 11.3 Å². The first-order valence-corrected chi connectivity index (χ1v) is 8.92. The molecule has 0 saturated heterocycles. The van der Waals surface area contributed by atoms with Crippen LogP contribution >= 0.6 is 12.2 Å². The van der Waals surface area contributed by atoms with Gasteiger partial charge in [-0.3, -0.25) is 4.79 Å². The largest absolute Gasteiger partial charge is 0.489 e. The van der Waals surface area contributed by atoms with Crippen LogP contribution in [-0.4, -0.2) is 10.9 Å². The number of nitrogens with one attached hydrogen (secondary N) is 2. The second kappa shape index (κ2) is 7.70. The van der Waals surface area contributed by atoms with Gasteiger partial charge in [-0.25, -0.2) is 0 Å². The predicted molar refractivity (Wildman–Crippen MR) is 107 cm³/mol. The van der Waals surface area contributed by atoms with Crippen molar-refractivity contribution in [1.29, 1.82) is 0 Å². The number of ether oxygens (including phenoxy) is 1. The Morgan fingerprint density at radius 1 is 1.15 bits per heavy atom. The third kappa shape index (κ3) is 4.11. The number of hydrogen-bond acceptors (Lipinski definition) is 3. The molecule has 2 N–H and O–H groups in total. The maximum absolute atomic E-state index is 12.1. The summed E-state index contributed by atoms with van der Waals surface area (Å²) in [6, 6.07) is 15.8. The lowest BCUT2D eigenvalue weighted by Gasteiger charge is -2.30. The highest BCUT2D eigenvalue weighted by Crippen LogP contribution is 2.29. The van der Waals surface area contributed by atoms with Gasteiger partial charge in [-0.05, 0) is 56.2 Å². The zero-order valence-corrected chi connectivity index (χ0v) is 15.9. The van der Waals surface area contributed by atoms with Gasteiger partial charge in [-0.15, -0.1) is 0 Å². The van der Waals surface area contributed by atoms with E-state index in [-0.39, 0.29) is 11.8 Å². The fourth-order valence-electron chi connectivity index (χ4n) is 3.05. The van der Waals surface area contributed by atoms with Crippen molar-refractivity contribution in [2.24, 2.45) is 0 Å². The molecule has 3 rings (SSSR count). The van der Waals surface area contributed by atoms with Crippen LogP contribution in [0.25, 0.3) is 0 Å². The van der Waals surface area contributed by atoms with Crippen LogP contribution in [0.1, 0.15) is 36.6 Å². The first kappa shape index (κ1) is 18.1. The summed E-state index contributed by atoms with van der Waals surface area (Å²) >= 11 is 5.26. The van der Waals surface area contributed by atoms with Crippen LogP contribution in [0.4, 0.5) is 0 Å². The Balaban J connectivity index is 1.82. The number of thiocarbonyl (C=S) groups is 1. The third-order valence-electron chi connectivity index (χ3n) is 4.37. The van der Waals surface area contributed by atoms with Crippen molar-refractivity contribution >= 4 is 23.1 Å². The Morgan fingerprint density at radius 3 is 2.58 bits per heavy atom. The highest BCUT2D eigenvalue weighted by molar-refractivity contribution is 7.80. The minimum Gasteiger partial charge on any atom is -0.489 e. The standard InChI is InChI=1S/C21H22N2O2S/c1-13-7-9-16(10-8-13)12-25-18-6-4-5-17(11-18)20-19(15(3)24)14(2)22-21(26)23-20/h4-11,20H,12H2,1-3H3,(H2,22,23,26). The quantitative estimate of drug-likeness (QED) is 0.785. The lowest BCUT2D eigenvalue weighted by molar-refractivity contribution is -0.114. The number of hydrogen-bond donors (Lipinski definition) is 2. The van der Waals surface area contributed by atoms with E-state index in [0.29, 0.717) is 17.3 Å². The zero-order chi connectivity index (χ0) is 18.7. The summed E-state index contributed by atoms with van der Waals surface area (Å²) in [6.07, 6.45) is 0. The topological polar surface area (TPSA) is 50.4 Å². The number of carbonyl (C=O) groups excluding carboxylic acids is 1. The minimum atomic E-state index is -0.274. The molecule has 0 saturated carbocycles. The van der Waals surface area contributed by atoms with Crippen LogP contribution in [0, 0.1) is 6.92 Å². The molecular weight excluding hydrogens is 344 g/mol. The molecule has 0 amide bonds. The average Bonchev–Trinajstić information content (AvgIpc) is 2.60. The number of Topliss-reactive ketones (excluding diaryl/α,β-unsaturated/α-hetero) is 1. The van der Waals surface area contributed by atoms with E-state index < -0.39 is 0 Å². The molecule has 0 bridgehead atoms. The number of ketones is 1. The summed E-state index contributed by atoms with van der Waals surface area (Å²) in [5.41, 5.74) is 4.76. The minimum absolute atomic E-state index is 0.0148. The van der Waals surface area contributed by atoms with Crippen LogP contribution < -0.4 is 15.4 Å². The van der Waals surface area contributed by atoms with E-state index in [1.807, 2.05) is 31.2 Å². The van der Waals surface area contributed by atoms with Crippen molar-refractivity contribution in [1.82, 2.24) is 10.6 Å². The maximum atomic E-state index is 12.1. The highest BCUT2D eigenvalue weighted by Gasteiger charge is 2.27. The van der Waals surface area contributed by atoms with Crippen molar-refractivity contribution in [3.8, 4) is 5.75 Å². The highest BCUT2D eigenvalue weighted by atomic mass is 32.1. The van der Waals surface area contributed by atoms with Gasteiger partial charge >= 0.3 is 0 Å². The zero-order valence-electron chi connectivity index (χ0n) is 15.1. The first-order valence-electron chi connectivity index (χ1n) is 8.51. The summed E-state index contributed by atoms with van der Waals surface area (Å²) in [7, 11) is 0. The number of carbonyl (C=O) groups is 1. The third-order valence-corrected chi connectivity index (χ3v) is 4.59. The second-order valence-corrected chi connectivity index (χ2v) is 6.88. The summed E-state index contributed by atoms with van der Waals surface area (Å²) < 4.78 is 5.94. The molecule has 1 aliphatic rings. The summed E-state index contributed by atoms with van der Waals surface area (Å²) in [5, 5.41) is 6.73. The lowest BCUT2D eigenvalue weighted by Crippen LogP contribution is -2.44. The van der Waals surface area contributed by atoms with E-state index in [1.54, 1.807) is 6.92 Å². The smallest absolute Gasteiger partial charge is 0.171 e. The van der Waals surface area contributed by atoms with Gasteiger partial charge in [-0.2, -0.15) is 0 Å². The van der Waals surface area contributed by atoms with Gasteiger partial charge in [0.15, 0.2) is 10.9 Å². The Hall–Kier alpha value is -2.66. The Bertz CT molecular complexity index is 872. The van der Waals surface area contributed by atoms with Gasteiger partial charge in [-0.1, -0.05) is 42.0 Å². The summed E-state index contributed by atoms with van der Waals surface area (Å²) in [5.74, 6) is 0.774. The molecule has 1 atom stereocenters. The van der Waals surface area contributed by atoms with Crippen LogP contribution in [0.3, 0.4) is 0 Å². The Labute approximate surface area is 159 Å². The molecule has 0 fully saturated rings. The SMILES string of the molecule is CC(=O)C1=C(C)NC(=S)NC1c1cccc(OCc2ccc(C)cc2)c1. The van der Waals surface area contributed by atoms with Crippen molar-refractivity contribution in [2.75, 3.05) is 0 Å². The molecule has 0 radical (unpaired) electrons. The lowest BCUT2D eigenvalue weighted by atomic mass is 9.93. The molecule has 134 valence electrons. The molecular formula is C21H22N2O2S. The van der Waals surface area contributed by atoms with Gasteiger partial charge in [0.2, 0.25) is 0 Å². The molecule has 2 aromatic carbocycles. The van der Waals surface area contributed by atoms with E-state index in [9.17, 15) is 4.79 Å². The van der Waals surface area contributed by atoms with E-state index in [0.717, 1.165) is 22.6 Å². The molecule has 0 aromatic heterocycles. The molecule has 0 spiro atoms. The van der Waals surface area contributed by atoms with Crippen molar-refractivity contribution in [3.05, 3.63) is 76.5 Å². The molecule has 0 aliphatic carbocycles. The van der Waals surface area contributed by atoms with Crippen molar-refractivity contribution in [3.63, 3.8) is 0 Å². The van der Waals surface area contributed by atoms with Crippen LogP contribution in [-0.2, 0) is 11.4 Å². The van der Waals surface area contributed by atoms with Crippen LogP contribution in [0.15, 0.2) is 59.8 Å². The number of benzene rings is 2. The number of rotatable bonds is 5. The number of aryl methyl sites for hydroxylation is 1. The van der Waals surface area contributed by atoms with E-state index >= 15 is 0 Å². The van der Waals surface area contributed by atoms with E-state index in [4.69, 9.17) is 17.0 Å². The monoisotopic (exact) mass is 366 g/mol. The second-order valence-electron chi connectivity index (χ2n) is 6.47. The molecule has 26 heavy (non-hydrogen) atoms. The molecule has 2 aromatic rings. The predicted octanol–water partition coefficient (Wildman–Crippen LogP) is 3.96. The van der Waals surface area contributed by atoms with Gasteiger partial charge in [0.05, 0.1) is 6.04 Å². The van der Waals surface area contributed by atoms with Crippen LogP contribution in [0.2, 0.25) is 0 Å². The van der Waals surface area contributed by atoms with Crippen molar-refractivity contribution < 1.29 is 9.53 Å². The molecule has 1 aliphatic heterocycles. The molecule has 5 heteroatoms. The van der Waals surface area contributed by atoms with Gasteiger partial charge < -0.3 is 15.4 Å². The van der Waals surface area contributed by atoms with Gasteiger partial charge in [0.1, 0.15) is 12.4 Å². The van der Waals surface area contributed by atoms with E-state index in [2.05, 4.69) is 41.8 Å². The molecule has 4 nitrogen and oxygen atoms in total. The fourth-order valence-corrected chi connectivity index (χ4v) is 3.32. The van der Waals surface area contributed by atoms with Crippen LogP contribution in [0.5, 0.6) is 5.75 Å². The van der Waals surface area contributed by atoms with Gasteiger partial charge in [0.25, 0.3) is 0 Å². The average molecular weight is 366 g/mol. The normalized spacial score (nSPS) is 16.7. The first-order chi connectivity index (χ1) is 12.4. The summed E-state index contributed by atoms with van der Waals surface area (Å²) in [4.78, 5) is 12.1.